The molecule has 2 heterocycles. The number of carbonyl (C=O) groups excluding carboxylic acids is 1. The zero-order chi connectivity index (χ0) is 21.6. The van der Waals surface area contributed by atoms with Crippen molar-refractivity contribution in [3.8, 4) is 22.8 Å². The van der Waals surface area contributed by atoms with Crippen LogP contribution in [0.5, 0.6) is 11.5 Å². The fourth-order valence-corrected chi connectivity index (χ4v) is 3.40. The number of hydrogen-bond donors (Lipinski definition) is 2. The molecule has 0 fully saturated rings. The third kappa shape index (κ3) is 4.96. The molecular weight excluding hydrogens is 416 g/mol. The molecule has 2 aromatic carbocycles. The number of nitrogens with zero attached hydrogens (tertiary/aromatic N) is 2. The number of benzene rings is 2. The second kappa shape index (κ2) is 9.23. The van der Waals surface area contributed by atoms with Crippen LogP contribution in [0.15, 0.2) is 70.3 Å². The topological polar surface area (TPSA) is 106 Å². The van der Waals surface area contributed by atoms with E-state index in [2.05, 4.69) is 20.5 Å². The van der Waals surface area contributed by atoms with Crippen molar-refractivity contribution >= 4 is 22.9 Å². The predicted octanol–water partition coefficient (Wildman–Crippen LogP) is 3.73. The van der Waals surface area contributed by atoms with Crippen molar-refractivity contribution in [1.29, 1.82) is 0 Å². The number of hydrogen-bond acceptors (Lipinski definition) is 7. The quantitative estimate of drug-likeness (QED) is 0.459. The van der Waals surface area contributed by atoms with E-state index in [1.165, 1.54) is 24.5 Å². The summed E-state index contributed by atoms with van der Waals surface area (Å²) in [5.41, 5.74) is 4.66. The van der Waals surface area contributed by atoms with E-state index in [9.17, 15) is 9.59 Å². The Bertz CT molecular complexity index is 1230. The first-order valence-electron chi connectivity index (χ1n) is 9.28. The normalized spacial score (nSPS) is 10.5. The number of H-pyrrole nitrogens is 1. The molecule has 1 amide bonds. The molecule has 4 aromatic rings. The molecule has 2 aromatic heterocycles. The number of thiazole rings is 1. The van der Waals surface area contributed by atoms with Crippen LogP contribution in [-0.2, 0) is 6.61 Å². The van der Waals surface area contributed by atoms with Gasteiger partial charge in [-0.05, 0) is 36.4 Å². The number of methoxy groups -OCH3 is 1. The van der Waals surface area contributed by atoms with Crippen LogP contribution in [0, 0.1) is 0 Å². The van der Waals surface area contributed by atoms with Crippen LogP contribution >= 0.6 is 11.3 Å². The minimum Gasteiger partial charge on any atom is -0.493 e. The van der Waals surface area contributed by atoms with E-state index in [-0.39, 0.29) is 11.5 Å². The Hall–Kier alpha value is -3.98. The molecule has 0 saturated heterocycles. The number of nitrogens with one attached hydrogen (secondary N) is 2. The first kappa shape index (κ1) is 20.3. The van der Waals surface area contributed by atoms with Gasteiger partial charge >= 0.3 is 0 Å². The van der Waals surface area contributed by atoms with Gasteiger partial charge < -0.3 is 14.8 Å². The van der Waals surface area contributed by atoms with Gasteiger partial charge in [-0.15, -0.1) is 11.3 Å². The summed E-state index contributed by atoms with van der Waals surface area (Å²) in [4.78, 5) is 28.1. The highest BCUT2D eigenvalue weighted by molar-refractivity contribution is 7.07. The van der Waals surface area contributed by atoms with Crippen LogP contribution in [0.25, 0.3) is 11.3 Å². The minimum absolute atomic E-state index is 0.277. The maximum Gasteiger partial charge on any atom is 0.264 e. The van der Waals surface area contributed by atoms with Gasteiger partial charge in [0, 0.05) is 28.3 Å². The van der Waals surface area contributed by atoms with Gasteiger partial charge in [-0.3, -0.25) is 9.59 Å². The Balaban J connectivity index is 1.48. The number of ether oxygens (including phenoxy) is 2. The van der Waals surface area contributed by atoms with E-state index in [0.717, 1.165) is 11.3 Å². The van der Waals surface area contributed by atoms with Gasteiger partial charge in [0.15, 0.2) is 11.5 Å². The van der Waals surface area contributed by atoms with E-state index in [4.69, 9.17) is 9.47 Å². The summed E-state index contributed by atoms with van der Waals surface area (Å²) < 4.78 is 11.1. The maximum absolute atomic E-state index is 12.8. The highest BCUT2D eigenvalue weighted by Gasteiger charge is 2.13. The molecule has 0 saturated carbocycles. The molecular formula is C22H18N4O4S. The molecule has 0 aliphatic rings. The van der Waals surface area contributed by atoms with Crippen LogP contribution in [0.1, 0.15) is 16.1 Å². The Kier molecular flexibility index (Phi) is 6.04. The molecule has 4 rings (SSSR count). The fraction of sp³-hybridized carbons (Fsp3) is 0.0909. The Morgan fingerprint density at radius 3 is 2.77 bits per heavy atom. The van der Waals surface area contributed by atoms with Crippen LogP contribution in [0.3, 0.4) is 0 Å². The smallest absolute Gasteiger partial charge is 0.264 e. The minimum atomic E-state index is -0.295. The molecule has 0 atom stereocenters. The molecule has 9 heteroatoms. The molecule has 8 nitrogen and oxygen atoms in total. The van der Waals surface area contributed by atoms with Gasteiger partial charge in [-0.1, -0.05) is 12.1 Å². The molecule has 0 unspecified atom stereocenters. The van der Waals surface area contributed by atoms with Crippen molar-refractivity contribution in [3.63, 3.8) is 0 Å². The van der Waals surface area contributed by atoms with E-state index < -0.39 is 0 Å². The first-order valence-corrected chi connectivity index (χ1v) is 10.2. The van der Waals surface area contributed by atoms with Crippen molar-refractivity contribution in [2.24, 2.45) is 0 Å². The molecule has 31 heavy (non-hydrogen) atoms. The fourth-order valence-electron chi connectivity index (χ4n) is 2.85. The molecule has 0 bridgehead atoms. The van der Waals surface area contributed by atoms with Gasteiger partial charge in [0.1, 0.15) is 6.61 Å². The third-order valence-corrected chi connectivity index (χ3v) is 5.02. The second-order valence-corrected chi connectivity index (χ2v) is 7.19. The summed E-state index contributed by atoms with van der Waals surface area (Å²) in [5.74, 6) is 0.684. The van der Waals surface area contributed by atoms with Crippen molar-refractivity contribution in [2.45, 2.75) is 6.61 Å². The number of aromatic amines is 1. The van der Waals surface area contributed by atoms with Crippen molar-refractivity contribution < 1.29 is 14.3 Å². The monoisotopic (exact) mass is 434 g/mol. The summed E-state index contributed by atoms with van der Waals surface area (Å²) in [6.45, 7) is 0.316. The number of rotatable bonds is 7. The lowest BCUT2D eigenvalue weighted by Gasteiger charge is -2.12. The van der Waals surface area contributed by atoms with Gasteiger partial charge in [0.05, 0.1) is 24.0 Å². The number of carbonyl (C=O) groups is 1. The van der Waals surface area contributed by atoms with Crippen molar-refractivity contribution in [3.05, 3.63) is 87.1 Å². The first-order chi connectivity index (χ1) is 15.1. The lowest BCUT2D eigenvalue weighted by molar-refractivity contribution is 0.102. The lowest BCUT2D eigenvalue weighted by Crippen LogP contribution is -2.12. The van der Waals surface area contributed by atoms with E-state index in [1.807, 2.05) is 11.4 Å². The van der Waals surface area contributed by atoms with Gasteiger partial charge in [-0.2, -0.15) is 5.10 Å². The van der Waals surface area contributed by atoms with E-state index >= 15 is 0 Å². The maximum atomic E-state index is 12.8. The lowest BCUT2D eigenvalue weighted by atomic mass is 10.1. The van der Waals surface area contributed by atoms with Crippen LogP contribution < -0.4 is 20.3 Å². The molecule has 0 aliphatic heterocycles. The molecule has 156 valence electrons. The SMILES string of the molecule is COc1cc(C(=O)Nc2cccc(-c3ccc(=O)[nH]n3)c2)ccc1OCc1cscn1. The summed E-state index contributed by atoms with van der Waals surface area (Å²) >= 11 is 1.50. The van der Waals surface area contributed by atoms with Gasteiger partial charge in [0.25, 0.3) is 11.5 Å². The summed E-state index contributed by atoms with van der Waals surface area (Å²) in [6.07, 6.45) is 0. The number of anilines is 1. The van der Waals surface area contributed by atoms with Gasteiger partial charge in [0.2, 0.25) is 0 Å². The Morgan fingerprint density at radius 1 is 1.13 bits per heavy atom. The summed E-state index contributed by atoms with van der Waals surface area (Å²) in [5, 5.41) is 11.2. The zero-order valence-electron chi connectivity index (χ0n) is 16.5. The summed E-state index contributed by atoms with van der Waals surface area (Å²) in [6, 6.07) is 15.2. The molecule has 0 spiro atoms. The highest BCUT2D eigenvalue weighted by Crippen LogP contribution is 2.29. The highest BCUT2D eigenvalue weighted by atomic mass is 32.1. The second-order valence-electron chi connectivity index (χ2n) is 6.48. The third-order valence-electron chi connectivity index (χ3n) is 4.38. The predicted molar refractivity (Wildman–Crippen MR) is 118 cm³/mol. The average Bonchev–Trinajstić information content (AvgIpc) is 3.32. The standard InChI is InChI=1S/C22H18N4O4S/c1-29-20-10-15(5-7-19(20)30-11-17-12-31-13-23-17)22(28)24-16-4-2-3-14(9-16)18-6-8-21(27)26-25-18/h2-10,12-13H,11H2,1H3,(H,24,28)(H,26,27). The van der Waals surface area contributed by atoms with Crippen molar-refractivity contribution in [2.75, 3.05) is 12.4 Å². The number of aromatic nitrogens is 3. The average molecular weight is 434 g/mol. The molecule has 2 N–H and O–H groups in total. The molecule has 0 aliphatic carbocycles. The number of amides is 1. The Morgan fingerprint density at radius 2 is 2.03 bits per heavy atom. The van der Waals surface area contributed by atoms with Crippen molar-refractivity contribution in [1.82, 2.24) is 15.2 Å². The van der Waals surface area contributed by atoms with Gasteiger partial charge in [-0.25, -0.2) is 10.1 Å². The van der Waals surface area contributed by atoms with Crippen LogP contribution in [-0.4, -0.2) is 28.2 Å². The largest absolute Gasteiger partial charge is 0.493 e. The Labute approximate surface area is 181 Å². The molecule has 0 radical (unpaired) electrons. The van der Waals surface area contributed by atoms with E-state index in [0.29, 0.717) is 35.1 Å². The van der Waals surface area contributed by atoms with Crippen LogP contribution in [0.2, 0.25) is 0 Å². The summed E-state index contributed by atoms with van der Waals surface area (Å²) in [7, 11) is 1.52. The zero-order valence-corrected chi connectivity index (χ0v) is 17.3. The van der Waals surface area contributed by atoms with E-state index in [1.54, 1.807) is 48.0 Å². The van der Waals surface area contributed by atoms with Crippen LogP contribution in [0.4, 0.5) is 5.69 Å².